The molecule has 88 valence electrons. The van der Waals surface area contributed by atoms with Crippen LogP contribution in [0.15, 0.2) is 30.3 Å². The zero-order valence-corrected chi connectivity index (χ0v) is 9.25. The van der Waals surface area contributed by atoms with Crippen LogP contribution in [-0.4, -0.2) is 20.9 Å². The number of nitrogens with zero attached hydrogens (tertiary/aromatic N) is 3. The predicted octanol–water partition coefficient (Wildman–Crippen LogP) is 1.69. The summed E-state index contributed by atoms with van der Waals surface area (Å²) in [6, 6.07) is 9.28. The topological polar surface area (TPSA) is 56.7 Å². The summed E-state index contributed by atoms with van der Waals surface area (Å²) in [5.74, 6) is 1.29. The van der Waals surface area contributed by atoms with Gasteiger partial charge in [0.25, 0.3) is 0 Å². The third-order valence-electron chi connectivity index (χ3n) is 2.94. The van der Waals surface area contributed by atoms with E-state index < -0.39 is 6.17 Å². The Hall–Kier alpha value is -1.75. The van der Waals surface area contributed by atoms with Crippen LogP contribution in [0.2, 0.25) is 0 Å². The van der Waals surface area contributed by atoms with E-state index in [4.69, 9.17) is 5.73 Å². The van der Waals surface area contributed by atoms with Crippen molar-refractivity contribution < 1.29 is 4.39 Å². The molecular formula is C12H13FN4. The molecule has 2 N–H and O–H groups in total. The molecule has 1 aliphatic heterocycles. The minimum absolute atomic E-state index is 0.253. The maximum Gasteiger partial charge on any atom is 0.181 e. The fourth-order valence-corrected chi connectivity index (χ4v) is 2.12. The predicted molar refractivity (Wildman–Crippen MR) is 61.9 cm³/mol. The normalized spacial score (nSPS) is 23.4. The Bertz CT molecular complexity index is 523. The first-order valence-electron chi connectivity index (χ1n) is 5.64. The van der Waals surface area contributed by atoms with E-state index in [0.29, 0.717) is 18.1 Å². The number of nitrogens with two attached hydrogens (primary N) is 1. The van der Waals surface area contributed by atoms with Gasteiger partial charge in [0, 0.05) is 12.0 Å². The highest BCUT2D eigenvalue weighted by Crippen LogP contribution is 2.25. The molecule has 1 aromatic carbocycles. The third kappa shape index (κ3) is 1.82. The fourth-order valence-electron chi connectivity index (χ4n) is 2.12. The van der Waals surface area contributed by atoms with E-state index in [1.807, 2.05) is 30.3 Å². The van der Waals surface area contributed by atoms with Gasteiger partial charge < -0.3 is 5.73 Å². The van der Waals surface area contributed by atoms with E-state index in [2.05, 4.69) is 10.1 Å². The van der Waals surface area contributed by atoms with E-state index in [1.165, 1.54) is 0 Å². The lowest BCUT2D eigenvalue weighted by Crippen LogP contribution is -2.30. The SMILES string of the molecule is NC1CC(F)Cn2nc(-c3ccccc3)nc21. The van der Waals surface area contributed by atoms with Gasteiger partial charge >= 0.3 is 0 Å². The molecule has 0 spiro atoms. The Labute approximate surface area is 98.3 Å². The quantitative estimate of drug-likeness (QED) is 0.814. The van der Waals surface area contributed by atoms with Crippen LogP contribution in [0.1, 0.15) is 18.3 Å². The largest absolute Gasteiger partial charge is 0.321 e. The maximum absolute atomic E-state index is 13.4. The molecular weight excluding hydrogens is 219 g/mol. The van der Waals surface area contributed by atoms with Gasteiger partial charge in [0.15, 0.2) is 5.82 Å². The van der Waals surface area contributed by atoms with E-state index in [9.17, 15) is 4.39 Å². The van der Waals surface area contributed by atoms with Crippen molar-refractivity contribution in [2.75, 3.05) is 0 Å². The van der Waals surface area contributed by atoms with Crippen LogP contribution in [0.3, 0.4) is 0 Å². The fraction of sp³-hybridized carbons (Fsp3) is 0.333. The second-order valence-corrected chi connectivity index (χ2v) is 4.28. The summed E-state index contributed by atoms with van der Waals surface area (Å²) in [7, 11) is 0. The first kappa shape index (κ1) is 10.4. The maximum atomic E-state index is 13.4. The van der Waals surface area contributed by atoms with Crippen LogP contribution >= 0.6 is 0 Å². The minimum atomic E-state index is -0.928. The van der Waals surface area contributed by atoms with Gasteiger partial charge in [-0.25, -0.2) is 14.1 Å². The lowest BCUT2D eigenvalue weighted by Gasteiger charge is -2.21. The summed E-state index contributed by atoms with van der Waals surface area (Å²) in [6.07, 6.45) is -0.602. The van der Waals surface area contributed by atoms with Gasteiger partial charge in [-0.2, -0.15) is 5.10 Å². The second kappa shape index (κ2) is 3.92. The molecule has 2 heterocycles. The molecule has 0 amide bonds. The molecule has 2 unspecified atom stereocenters. The highest BCUT2D eigenvalue weighted by atomic mass is 19.1. The number of alkyl halides is 1. The van der Waals surface area contributed by atoms with Crippen LogP contribution < -0.4 is 5.73 Å². The number of rotatable bonds is 1. The zero-order chi connectivity index (χ0) is 11.8. The van der Waals surface area contributed by atoms with Crippen molar-refractivity contribution in [3.63, 3.8) is 0 Å². The molecule has 0 radical (unpaired) electrons. The molecule has 1 aromatic heterocycles. The molecule has 0 fully saturated rings. The molecule has 0 saturated heterocycles. The van der Waals surface area contributed by atoms with Crippen LogP contribution in [0, 0.1) is 0 Å². The highest BCUT2D eigenvalue weighted by Gasteiger charge is 2.27. The van der Waals surface area contributed by atoms with E-state index in [1.54, 1.807) is 4.68 Å². The van der Waals surface area contributed by atoms with Gasteiger partial charge in [0.1, 0.15) is 12.0 Å². The first-order chi connectivity index (χ1) is 8.24. The van der Waals surface area contributed by atoms with E-state index >= 15 is 0 Å². The monoisotopic (exact) mass is 232 g/mol. The van der Waals surface area contributed by atoms with Crippen LogP contribution in [0.4, 0.5) is 4.39 Å². The molecule has 3 rings (SSSR count). The summed E-state index contributed by atoms with van der Waals surface area (Å²) in [5, 5.41) is 4.31. The Kier molecular flexibility index (Phi) is 2.40. The number of fused-ring (bicyclic) bond motifs is 1. The molecule has 5 heteroatoms. The Balaban J connectivity index is 2.03. The molecule has 17 heavy (non-hydrogen) atoms. The molecule has 1 aliphatic rings. The van der Waals surface area contributed by atoms with Crippen LogP contribution in [0.5, 0.6) is 0 Å². The van der Waals surface area contributed by atoms with Crippen LogP contribution in [-0.2, 0) is 6.54 Å². The molecule has 2 aromatic rings. The minimum Gasteiger partial charge on any atom is -0.321 e. The van der Waals surface area contributed by atoms with Crippen LogP contribution in [0.25, 0.3) is 11.4 Å². The standard InChI is InChI=1S/C12H13FN4/c13-9-6-10(14)12-15-11(16-17(12)7-9)8-4-2-1-3-5-8/h1-5,9-10H,6-7,14H2. The van der Waals surface area contributed by atoms with E-state index in [-0.39, 0.29) is 12.6 Å². The molecule has 0 bridgehead atoms. The van der Waals surface area contributed by atoms with Gasteiger partial charge in [-0.15, -0.1) is 0 Å². The van der Waals surface area contributed by atoms with Crippen molar-refractivity contribution >= 4 is 0 Å². The van der Waals surface area contributed by atoms with Crippen molar-refractivity contribution in [1.29, 1.82) is 0 Å². The van der Waals surface area contributed by atoms with E-state index in [0.717, 1.165) is 5.56 Å². The summed E-state index contributed by atoms with van der Waals surface area (Å²) in [5.41, 5.74) is 6.79. The van der Waals surface area contributed by atoms with Crippen molar-refractivity contribution in [2.45, 2.75) is 25.2 Å². The summed E-state index contributed by atoms with van der Waals surface area (Å²) in [4.78, 5) is 4.40. The van der Waals surface area contributed by atoms with Gasteiger partial charge in [-0.1, -0.05) is 30.3 Å². The van der Waals surface area contributed by atoms with Gasteiger partial charge in [-0.3, -0.25) is 0 Å². The third-order valence-corrected chi connectivity index (χ3v) is 2.94. The Morgan fingerprint density at radius 2 is 2.06 bits per heavy atom. The average Bonchev–Trinajstić information content (AvgIpc) is 2.74. The van der Waals surface area contributed by atoms with Crippen molar-refractivity contribution in [2.24, 2.45) is 5.73 Å². The Morgan fingerprint density at radius 3 is 2.82 bits per heavy atom. The average molecular weight is 232 g/mol. The lowest BCUT2D eigenvalue weighted by molar-refractivity contribution is 0.220. The number of halogens is 1. The van der Waals surface area contributed by atoms with Gasteiger partial charge in [0.2, 0.25) is 0 Å². The summed E-state index contributed by atoms with van der Waals surface area (Å²) < 4.78 is 14.9. The molecule has 4 nitrogen and oxygen atoms in total. The molecule has 2 atom stereocenters. The summed E-state index contributed by atoms with van der Waals surface area (Å²) >= 11 is 0. The number of hydrogen-bond donors (Lipinski definition) is 1. The summed E-state index contributed by atoms with van der Waals surface area (Å²) in [6.45, 7) is 0.253. The smallest absolute Gasteiger partial charge is 0.181 e. The van der Waals surface area contributed by atoms with Crippen molar-refractivity contribution in [3.8, 4) is 11.4 Å². The number of hydrogen-bond acceptors (Lipinski definition) is 3. The first-order valence-corrected chi connectivity index (χ1v) is 5.64. The molecule has 0 aliphatic carbocycles. The number of aromatic nitrogens is 3. The highest BCUT2D eigenvalue weighted by molar-refractivity contribution is 5.54. The zero-order valence-electron chi connectivity index (χ0n) is 9.25. The Morgan fingerprint density at radius 1 is 1.29 bits per heavy atom. The van der Waals surface area contributed by atoms with Gasteiger partial charge in [-0.05, 0) is 0 Å². The van der Waals surface area contributed by atoms with Gasteiger partial charge in [0.05, 0.1) is 12.6 Å². The number of benzene rings is 1. The molecule has 0 saturated carbocycles. The lowest BCUT2D eigenvalue weighted by atomic mass is 10.1. The van der Waals surface area contributed by atoms with Crippen molar-refractivity contribution in [3.05, 3.63) is 36.2 Å². The van der Waals surface area contributed by atoms with Crippen molar-refractivity contribution in [1.82, 2.24) is 14.8 Å². The second-order valence-electron chi connectivity index (χ2n) is 4.28.